The Bertz CT molecular complexity index is 887. The van der Waals surface area contributed by atoms with E-state index in [0.717, 1.165) is 31.2 Å². The third-order valence-electron chi connectivity index (χ3n) is 4.10. The first-order chi connectivity index (χ1) is 11.6. The third-order valence-corrected chi connectivity index (χ3v) is 4.34. The molecule has 0 bridgehead atoms. The Labute approximate surface area is 146 Å². The molecule has 3 aromatic rings. The minimum absolute atomic E-state index is 0.0491. The molecule has 1 aromatic carbocycles. The minimum atomic E-state index is 0.0491. The van der Waals surface area contributed by atoms with Crippen LogP contribution in [-0.4, -0.2) is 25.4 Å². The summed E-state index contributed by atoms with van der Waals surface area (Å²) in [4.78, 5) is 26.3. The molecule has 0 saturated heterocycles. The number of carbonyl (C=O) groups excluding carboxylic acids is 1. The van der Waals surface area contributed by atoms with Crippen LogP contribution in [-0.2, 0) is 6.42 Å². The van der Waals surface area contributed by atoms with Gasteiger partial charge in [0.05, 0.1) is 11.0 Å². The number of rotatable bonds is 6. The first kappa shape index (κ1) is 16.8. The summed E-state index contributed by atoms with van der Waals surface area (Å²) in [5.41, 5.74) is 2.46. The molecule has 2 heterocycles. The summed E-state index contributed by atoms with van der Waals surface area (Å²) < 4.78 is 1.64. The van der Waals surface area contributed by atoms with Gasteiger partial charge < -0.3 is 0 Å². The molecule has 0 fully saturated rings. The number of halogens is 1. The van der Waals surface area contributed by atoms with Gasteiger partial charge in [0.1, 0.15) is 5.82 Å². The smallest absolute Gasteiger partial charge is 0.233 e. The fourth-order valence-corrected chi connectivity index (χ4v) is 3.01. The maximum atomic E-state index is 12.7. The highest BCUT2D eigenvalue weighted by atomic mass is 35.5. The van der Waals surface area contributed by atoms with Gasteiger partial charge >= 0.3 is 0 Å². The summed E-state index contributed by atoms with van der Waals surface area (Å²) in [6, 6.07) is 5.36. The second kappa shape index (κ2) is 7.26. The topological polar surface area (TPSA) is 60.7 Å². The first-order valence-electron chi connectivity index (χ1n) is 8.51. The maximum Gasteiger partial charge on any atom is 0.233 e. The van der Waals surface area contributed by atoms with E-state index in [2.05, 4.69) is 21.9 Å². The number of benzene rings is 1. The van der Waals surface area contributed by atoms with Crippen LogP contribution in [0.3, 0.4) is 0 Å². The Hall–Kier alpha value is -2.01. The van der Waals surface area contributed by atoms with E-state index in [9.17, 15) is 4.79 Å². The van der Waals surface area contributed by atoms with Crippen molar-refractivity contribution in [2.45, 2.75) is 52.4 Å². The summed E-state index contributed by atoms with van der Waals surface area (Å²) in [5, 5.41) is 0.610. The van der Waals surface area contributed by atoms with E-state index in [1.54, 1.807) is 16.7 Å². The zero-order chi connectivity index (χ0) is 17.1. The molecule has 0 spiro atoms. The Morgan fingerprint density at radius 1 is 1.08 bits per heavy atom. The van der Waals surface area contributed by atoms with Crippen molar-refractivity contribution in [2.24, 2.45) is 0 Å². The summed E-state index contributed by atoms with van der Waals surface area (Å²) in [7, 11) is 0. The largest absolute Gasteiger partial charge is 0.274 e. The third kappa shape index (κ3) is 3.26. The van der Waals surface area contributed by atoms with Crippen LogP contribution in [0.5, 0.6) is 0 Å². The standard InChI is InChI=1S/C18H21ClN4O/c1-3-5-6-7-8-16(24)23-15(4-2)22-17-18(23)21-13-10-9-12(19)11-14(13)20-17/h9-11H,3-8H2,1-2H3. The van der Waals surface area contributed by atoms with Gasteiger partial charge in [-0.05, 0) is 24.6 Å². The summed E-state index contributed by atoms with van der Waals surface area (Å²) >= 11 is 6.02. The molecule has 0 unspecified atom stereocenters. The number of aromatic nitrogens is 4. The van der Waals surface area contributed by atoms with E-state index < -0.39 is 0 Å². The van der Waals surface area contributed by atoms with Crippen molar-refractivity contribution in [3.8, 4) is 0 Å². The maximum absolute atomic E-state index is 12.7. The average Bonchev–Trinajstić information content (AvgIpc) is 2.94. The summed E-state index contributed by atoms with van der Waals surface area (Å²) in [6.07, 6.45) is 5.45. The molecule has 0 atom stereocenters. The number of unbranched alkanes of at least 4 members (excludes halogenated alkanes) is 3. The molecular formula is C18H21ClN4O. The van der Waals surface area contributed by atoms with Crippen LogP contribution in [0.25, 0.3) is 22.3 Å². The number of imidazole rings is 1. The molecule has 0 saturated carbocycles. The van der Waals surface area contributed by atoms with E-state index in [4.69, 9.17) is 11.6 Å². The number of nitrogens with zero attached hydrogens (tertiary/aromatic N) is 4. The molecule has 126 valence electrons. The molecular weight excluding hydrogens is 324 g/mol. The van der Waals surface area contributed by atoms with Gasteiger partial charge in [0, 0.05) is 17.9 Å². The number of carbonyl (C=O) groups is 1. The predicted molar refractivity (Wildman–Crippen MR) is 96.6 cm³/mol. The normalized spacial score (nSPS) is 11.5. The molecule has 6 heteroatoms. The van der Waals surface area contributed by atoms with E-state index in [1.165, 1.54) is 0 Å². The van der Waals surface area contributed by atoms with Gasteiger partial charge in [-0.15, -0.1) is 0 Å². The van der Waals surface area contributed by atoms with Crippen molar-refractivity contribution in [3.63, 3.8) is 0 Å². The van der Waals surface area contributed by atoms with Gasteiger partial charge in [0.15, 0.2) is 11.3 Å². The molecule has 0 aliphatic heterocycles. The first-order valence-corrected chi connectivity index (χ1v) is 8.89. The highest BCUT2D eigenvalue weighted by Crippen LogP contribution is 2.21. The Balaban J connectivity index is 2.02. The summed E-state index contributed by atoms with van der Waals surface area (Å²) in [6.45, 7) is 4.14. The van der Waals surface area contributed by atoms with Crippen molar-refractivity contribution in [2.75, 3.05) is 0 Å². The molecule has 5 nitrogen and oxygen atoms in total. The lowest BCUT2D eigenvalue weighted by molar-refractivity contribution is 0.0900. The van der Waals surface area contributed by atoms with E-state index in [-0.39, 0.29) is 5.91 Å². The molecule has 0 N–H and O–H groups in total. The van der Waals surface area contributed by atoms with E-state index in [1.807, 2.05) is 13.0 Å². The van der Waals surface area contributed by atoms with Gasteiger partial charge in [-0.2, -0.15) is 0 Å². The zero-order valence-corrected chi connectivity index (χ0v) is 14.8. The van der Waals surface area contributed by atoms with Gasteiger partial charge in [0.25, 0.3) is 0 Å². The lowest BCUT2D eigenvalue weighted by atomic mass is 10.1. The van der Waals surface area contributed by atoms with Crippen LogP contribution in [0, 0.1) is 0 Å². The monoisotopic (exact) mass is 344 g/mol. The average molecular weight is 345 g/mol. The molecule has 0 aliphatic rings. The highest BCUT2D eigenvalue weighted by Gasteiger charge is 2.18. The fraction of sp³-hybridized carbons (Fsp3) is 0.444. The molecule has 0 amide bonds. The van der Waals surface area contributed by atoms with Crippen LogP contribution >= 0.6 is 11.6 Å². The number of hydrogen-bond acceptors (Lipinski definition) is 4. The lowest BCUT2D eigenvalue weighted by Crippen LogP contribution is -2.14. The fourth-order valence-electron chi connectivity index (χ4n) is 2.84. The Morgan fingerprint density at radius 2 is 1.92 bits per heavy atom. The van der Waals surface area contributed by atoms with Crippen LogP contribution < -0.4 is 0 Å². The van der Waals surface area contributed by atoms with Crippen LogP contribution in [0.1, 0.15) is 56.6 Å². The lowest BCUT2D eigenvalue weighted by Gasteiger charge is -2.06. The number of fused-ring (bicyclic) bond motifs is 2. The Kier molecular flexibility index (Phi) is 5.09. The second-order valence-corrected chi connectivity index (χ2v) is 6.36. The van der Waals surface area contributed by atoms with Crippen molar-refractivity contribution >= 4 is 39.8 Å². The minimum Gasteiger partial charge on any atom is -0.274 e. The van der Waals surface area contributed by atoms with Crippen LogP contribution in [0.4, 0.5) is 0 Å². The van der Waals surface area contributed by atoms with Gasteiger partial charge in [-0.3, -0.25) is 4.79 Å². The Morgan fingerprint density at radius 3 is 2.67 bits per heavy atom. The number of aryl methyl sites for hydroxylation is 1. The second-order valence-electron chi connectivity index (χ2n) is 5.93. The molecule has 2 aromatic heterocycles. The van der Waals surface area contributed by atoms with Crippen molar-refractivity contribution in [1.29, 1.82) is 0 Å². The quantitative estimate of drug-likeness (QED) is 0.602. The van der Waals surface area contributed by atoms with Gasteiger partial charge in [-0.25, -0.2) is 19.5 Å². The van der Waals surface area contributed by atoms with Crippen LogP contribution in [0.15, 0.2) is 18.2 Å². The van der Waals surface area contributed by atoms with Gasteiger partial charge in [0.2, 0.25) is 5.91 Å². The van der Waals surface area contributed by atoms with Gasteiger partial charge in [-0.1, -0.05) is 44.7 Å². The SMILES string of the molecule is CCCCCCC(=O)n1c(CC)nc2nc3cc(Cl)ccc3nc21. The van der Waals surface area contributed by atoms with Crippen molar-refractivity contribution < 1.29 is 4.79 Å². The number of hydrogen-bond donors (Lipinski definition) is 0. The zero-order valence-electron chi connectivity index (χ0n) is 14.0. The predicted octanol–water partition coefficient (Wildman–Crippen LogP) is 4.81. The molecule has 0 radical (unpaired) electrons. The van der Waals surface area contributed by atoms with E-state index >= 15 is 0 Å². The molecule has 3 rings (SSSR count). The molecule has 0 aliphatic carbocycles. The highest BCUT2D eigenvalue weighted by molar-refractivity contribution is 6.31. The van der Waals surface area contributed by atoms with E-state index in [0.29, 0.717) is 40.5 Å². The van der Waals surface area contributed by atoms with Crippen LogP contribution in [0.2, 0.25) is 5.02 Å². The molecule has 24 heavy (non-hydrogen) atoms. The van der Waals surface area contributed by atoms with Crippen molar-refractivity contribution in [3.05, 3.63) is 29.0 Å². The van der Waals surface area contributed by atoms with Crippen molar-refractivity contribution in [1.82, 2.24) is 19.5 Å². The summed E-state index contributed by atoms with van der Waals surface area (Å²) in [5.74, 6) is 0.764.